The molecule has 124 valence electrons. The van der Waals surface area contributed by atoms with Gasteiger partial charge in [0.25, 0.3) is 0 Å². The fourth-order valence-electron chi connectivity index (χ4n) is 2.89. The number of pyridine rings is 1. The van der Waals surface area contributed by atoms with Gasteiger partial charge in [-0.25, -0.2) is 18.1 Å². The molecule has 2 aromatic heterocycles. The van der Waals surface area contributed by atoms with Crippen LogP contribution >= 0.6 is 0 Å². The summed E-state index contributed by atoms with van der Waals surface area (Å²) in [6.45, 7) is 0. The van der Waals surface area contributed by atoms with Crippen LogP contribution in [0.15, 0.2) is 83.9 Å². The molecule has 6 heteroatoms. The van der Waals surface area contributed by atoms with E-state index in [-0.39, 0.29) is 4.90 Å². The maximum atomic E-state index is 11.5. The first kappa shape index (κ1) is 15.6. The SMILES string of the molecule is NS(=O)(=O)c1ccc(-c2nn3ccccc3c2-c2ccccc2)cc1. The number of nitrogens with two attached hydrogens (primary N) is 1. The van der Waals surface area contributed by atoms with Crippen molar-refractivity contribution in [2.24, 2.45) is 5.14 Å². The van der Waals surface area contributed by atoms with E-state index < -0.39 is 10.0 Å². The Morgan fingerprint density at radius 3 is 2.16 bits per heavy atom. The van der Waals surface area contributed by atoms with E-state index in [1.54, 1.807) is 12.1 Å². The molecular formula is C19H15N3O2S. The van der Waals surface area contributed by atoms with Crippen molar-refractivity contribution in [3.05, 3.63) is 79.0 Å². The van der Waals surface area contributed by atoms with E-state index in [0.29, 0.717) is 0 Å². The second kappa shape index (κ2) is 5.84. The lowest BCUT2D eigenvalue weighted by molar-refractivity contribution is 0.598. The van der Waals surface area contributed by atoms with Gasteiger partial charge in [-0.05, 0) is 29.8 Å². The molecule has 2 N–H and O–H groups in total. The predicted molar refractivity (Wildman–Crippen MR) is 97.4 cm³/mol. The van der Waals surface area contributed by atoms with Crippen molar-refractivity contribution in [3.63, 3.8) is 0 Å². The highest BCUT2D eigenvalue weighted by Gasteiger charge is 2.16. The molecule has 0 bridgehead atoms. The van der Waals surface area contributed by atoms with Crippen molar-refractivity contribution in [2.75, 3.05) is 0 Å². The number of hydrogen-bond acceptors (Lipinski definition) is 3. The van der Waals surface area contributed by atoms with Crippen LogP contribution in [0, 0.1) is 0 Å². The van der Waals surface area contributed by atoms with E-state index >= 15 is 0 Å². The first-order chi connectivity index (χ1) is 12.0. The van der Waals surface area contributed by atoms with Gasteiger partial charge in [-0.3, -0.25) is 0 Å². The number of aromatic nitrogens is 2. The average Bonchev–Trinajstić information content (AvgIpc) is 3.01. The molecule has 0 aliphatic carbocycles. The molecule has 0 saturated carbocycles. The van der Waals surface area contributed by atoms with Crippen LogP contribution in [0.1, 0.15) is 0 Å². The van der Waals surface area contributed by atoms with Gasteiger partial charge in [0.05, 0.1) is 10.4 Å². The number of fused-ring (bicyclic) bond motifs is 1. The van der Waals surface area contributed by atoms with E-state index in [1.807, 2.05) is 59.2 Å². The van der Waals surface area contributed by atoms with Gasteiger partial charge in [-0.1, -0.05) is 48.5 Å². The standard InChI is InChI=1S/C19H15N3O2S/c20-25(23,24)16-11-9-15(10-12-16)19-18(14-6-2-1-3-7-14)17-8-4-5-13-22(17)21-19/h1-13H,(H2,20,23,24). The Hall–Kier alpha value is -2.96. The third-order valence-electron chi connectivity index (χ3n) is 4.06. The monoisotopic (exact) mass is 349 g/mol. The van der Waals surface area contributed by atoms with E-state index in [0.717, 1.165) is 27.9 Å². The van der Waals surface area contributed by atoms with Crippen molar-refractivity contribution < 1.29 is 8.42 Å². The van der Waals surface area contributed by atoms with Crippen LogP contribution in [-0.4, -0.2) is 18.0 Å². The summed E-state index contributed by atoms with van der Waals surface area (Å²) in [6.07, 6.45) is 1.89. The van der Waals surface area contributed by atoms with Crippen molar-refractivity contribution in [2.45, 2.75) is 4.90 Å². The van der Waals surface area contributed by atoms with Gasteiger partial charge < -0.3 is 0 Å². The first-order valence-electron chi connectivity index (χ1n) is 7.70. The second-order valence-electron chi connectivity index (χ2n) is 5.69. The molecule has 2 aromatic carbocycles. The lowest BCUT2D eigenvalue weighted by atomic mass is 10.00. The quantitative estimate of drug-likeness (QED) is 0.616. The highest BCUT2D eigenvalue weighted by Crippen LogP contribution is 2.35. The van der Waals surface area contributed by atoms with Crippen LogP contribution < -0.4 is 5.14 Å². The van der Waals surface area contributed by atoms with E-state index in [1.165, 1.54) is 12.1 Å². The normalized spacial score (nSPS) is 11.7. The predicted octanol–water partition coefficient (Wildman–Crippen LogP) is 3.32. The van der Waals surface area contributed by atoms with Crippen LogP contribution in [0.2, 0.25) is 0 Å². The molecule has 25 heavy (non-hydrogen) atoms. The summed E-state index contributed by atoms with van der Waals surface area (Å²) >= 11 is 0. The molecule has 0 unspecified atom stereocenters. The Bertz CT molecular complexity index is 1150. The Morgan fingerprint density at radius 2 is 1.48 bits per heavy atom. The highest BCUT2D eigenvalue weighted by molar-refractivity contribution is 7.89. The molecule has 0 atom stereocenters. The molecule has 0 amide bonds. The van der Waals surface area contributed by atoms with Crippen molar-refractivity contribution >= 4 is 15.5 Å². The molecule has 4 aromatic rings. The van der Waals surface area contributed by atoms with Crippen molar-refractivity contribution in [1.29, 1.82) is 0 Å². The number of primary sulfonamides is 1. The third kappa shape index (κ3) is 2.82. The second-order valence-corrected chi connectivity index (χ2v) is 7.25. The molecule has 5 nitrogen and oxygen atoms in total. The molecule has 0 aliphatic rings. The zero-order chi connectivity index (χ0) is 17.4. The lowest BCUT2D eigenvalue weighted by Crippen LogP contribution is -2.11. The van der Waals surface area contributed by atoms with E-state index in [2.05, 4.69) is 5.10 Å². The molecule has 0 spiro atoms. The molecule has 4 rings (SSSR count). The molecular weight excluding hydrogens is 334 g/mol. The van der Waals surface area contributed by atoms with Crippen LogP contribution in [-0.2, 0) is 10.0 Å². The summed E-state index contributed by atoms with van der Waals surface area (Å²) in [6, 6.07) is 22.4. The minimum atomic E-state index is -3.71. The van der Waals surface area contributed by atoms with Gasteiger partial charge in [0, 0.05) is 17.3 Å². The van der Waals surface area contributed by atoms with Gasteiger partial charge in [-0.15, -0.1) is 0 Å². The average molecular weight is 349 g/mol. The summed E-state index contributed by atoms with van der Waals surface area (Å²) in [5.41, 5.74) is 4.66. The van der Waals surface area contributed by atoms with Crippen LogP contribution in [0.25, 0.3) is 27.9 Å². The Kier molecular flexibility index (Phi) is 3.63. The first-order valence-corrected chi connectivity index (χ1v) is 9.25. The zero-order valence-corrected chi connectivity index (χ0v) is 14.0. The van der Waals surface area contributed by atoms with E-state index in [9.17, 15) is 8.42 Å². The number of benzene rings is 2. The zero-order valence-electron chi connectivity index (χ0n) is 13.2. The molecule has 0 fully saturated rings. The largest absolute Gasteiger partial charge is 0.240 e. The third-order valence-corrected chi connectivity index (χ3v) is 4.99. The molecule has 0 aliphatic heterocycles. The maximum Gasteiger partial charge on any atom is 0.238 e. The van der Waals surface area contributed by atoms with Crippen LogP contribution in [0.4, 0.5) is 0 Å². The van der Waals surface area contributed by atoms with Gasteiger partial charge in [-0.2, -0.15) is 5.10 Å². The van der Waals surface area contributed by atoms with E-state index in [4.69, 9.17) is 5.14 Å². The Morgan fingerprint density at radius 1 is 0.800 bits per heavy atom. The Balaban J connectivity index is 1.96. The van der Waals surface area contributed by atoms with Crippen LogP contribution in [0.5, 0.6) is 0 Å². The molecule has 0 saturated heterocycles. The van der Waals surface area contributed by atoms with Gasteiger partial charge in [0.1, 0.15) is 5.69 Å². The van der Waals surface area contributed by atoms with Gasteiger partial charge in [0.15, 0.2) is 0 Å². The number of rotatable bonds is 3. The number of sulfonamides is 1. The number of hydrogen-bond donors (Lipinski definition) is 1. The topological polar surface area (TPSA) is 77.5 Å². The molecule has 2 heterocycles. The minimum Gasteiger partial charge on any atom is -0.240 e. The van der Waals surface area contributed by atoms with Crippen molar-refractivity contribution in [1.82, 2.24) is 9.61 Å². The molecule has 0 radical (unpaired) electrons. The summed E-state index contributed by atoms with van der Waals surface area (Å²) in [5, 5.41) is 9.87. The maximum absolute atomic E-state index is 11.5. The summed E-state index contributed by atoms with van der Waals surface area (Å²) in [5.74, 6) is 0. The number of nitrogens with zero attached hydrogens (tertiary/aromatic N) is 2. The van der Waals surface area contributed by atoms with Crippen LogP contribution in [0.3, 0.4) is 0 Å². The van der Waals surface area contributed by atoms with Crippen molar-refractivity contribution in [3.8, 4) is 22.4 Å². The highest BCUT2D eigenvalue weighted by atomic mass is 32.2. The minimum absolute atomic E-state index is 0.0845. The Labute approximate surface area is 145 Å². The fourth-order valence-corrected chi connectivity index (χ4v) is 3.41. The lowest BCUT2D eigenvalue weighted by Gasteiger charge is -2.05. The summed E-state index contributed by atoms with van der Waals surface area (Å²) in [4.78, 5) is 0.0845. The fraction of sp³-hybridized carbons (Fsp3) is 0. The van der Waals surface area contributed by atoms with Gasteiger partial charge >= 0.3 is 0 Å². The van der Waals surface area contributed by atoms with Gasteiger partial charge in [0.2, 0.25) is 10.0 Å². The summed E-state index contributed by atoms with van der Waals surface area (Å²) in [7, 11) is -3.71. The summed E-state index contributed by atoms with van der Waals surface area (Å²) < 4.78 is 24.8. The smallest absolute Gasteiger partial charge is 0.238 e.